The van der Waals surface area contributed by atoms with Crippen LogP contribution in [0.4, 0.5) is 0 Å². The van der Waals surface area contributed by atoms with Crippen molar-refractivity contribution in [1.29, 1.82) is 0 Å². The summed E-state index contributed by atoms with van der Waals surface area (Å²) in [6, 6.07) is 4.21. The fourth-order valence-electron chi connectivity index (χ4n) is 2.04. The summed E-state index contributed by atoms with van der Waals surface area (Å²) in [5.41, 5.74) is 4.89. The summed E-state index contributed by atoms with van der Waals surface area (Å²) in [4.78, 5) is 0. The first-order valence-corrected chi connectivity index (χ1v) is 6.29. The highest BCUT2D eigenvalue weighted by molar-refractivity contribution is 5.43. The second-order valence-electron chi connectivity index (χ2n) is 4.37. The van der Waals surface area contributed by atoms with Crippen LogP contribution in [0, 0.1) is 13.8 Å². The number of nitrogens with zero attached hydrogens (tertiary/aromatic N) is 2. The number of nitrogens with one attached hydrogen (secondary N) is 1. The Kier molecular flexibility index (Phi) is 3.97. The number of ether oxygens (including phenoxy) is 1. The maximum Gasteiger partial charge on any atom is 0.122 e. The Morgan fingerprint density at radius 2 is 2.00 bits per heavy atom. The van der Waals surface area contributed by atoms with E-state index in [1.54, 1.807) is 6.20 Å². The lowest BCUT2D eigenvalue weighted by molar-refractivity contribution is 0.337. The molecule has 2 rings (SSSR count). The van der Waals surface area contributed by atoms with Gasteiger partial charge in [-0.05, 0) is 56.4 Å². The lowest BCUT2D eigenvalue weighted by Crippen LogP contribution is -2.00. The Labute approximate surface area is 107 Å². The van der Waals surface area contributed by atoms with Gasteiger partial charge in [0.15, 0.2) is 0 Å². The van der Waals surface area contributed by atoms with Crippen LogP contribution in [0.5, 0.6) is 5.75 Å². The lowest BCUT2D eigenvalue weighted by Gasteiger charge is -2.13. The third kappa shape index (κ3) is 2.70. The molecule has 0 unspecified atom stereocenters. The predicted molar refractivity (Wildman–Crippen MR) is 70.9 cm³/mol. The largest absolute Gasteiger partial charge is 0.494 e. The number of H-pyrrole nitrogens is 1. The van der Waals surface area contributed by atoms with Gasteiger partial charge in [-0.3, -0.25) is 0 Å². The van der Waals surface area contributed by atoms with Crippen molar-refractivity contribution in [3.63, 3.8) is 0 Å². The molecule has 4 heteroatoms. The first-order chi connectivity index (χ1) is 8.72. The Morgan fingerprint density at radius 1 is 1.17 bits per heavy atom. The van der Waals surface area contributed by atoms with Crippen LogP contribution in [0.1, 0.15) is 29.3 Å². The topological polar surface area (TPSA) is 50.8 Å². The molecule has 4 nitrogen and oxygen atoms in total. The van der Waals surface area contributed by atoms with Crippen molar-refractivity contribution in [2.75, 3.05) is 6.61 Å². The van der Waals surface area contributed by atoms with Gasteiger partial charge in [0.05, 0.1) is 18.5 Å². The summed E-state index contributed by atoms with van der Waals surface area (Å²) in [5, 5.41) is 10.5. The highest BCUT2D eigenvalue weighted by Crippen LogP contribution is 2.25. The number of aromatic nitrogens is 3. The monoisotopic (exact) mass is 245 g/mol. The minimum atomic E-state index is 0.707. The molecule has 0 amide bonds. The number of rotatable bonds is 5. The smallest absolute Gasteiger partial charge is 0.122 e. The maximum absolute atomic E-state index is 5.60. The minimum Gasteiger partial charge on any atom is -0.494 e. The molecule has 1 aromatic carbocycles. The normalized spacial score (nSPS) is 10.6. The van der Waals surface area contributed by atoms with E-state index in [9.17, 15) is 0 Å². The van der Waals surface area contributed by atoms with Gasteiger partial charge in [-0.25, -0.2) is 0 Å². The van der Waals surface area contributed by atoms with Crippen LogP contribution in [0.15, 0.2) is 18.3 Å². The van der Waals surface area contributed by atoms with Crippen LogP contribution in [-0.2, 0) is 12.8 Å². The number of aryl methyl sites for hydroxylation is 2. The zero-order valence-electron chi connectivity index (χ0n) is 11.2. The van der Waals surface area contributed by atoms with Crippen LogP contribution in [0.25, 0.3) is 0 Å². The fraction of sp³-hybridized carbons (Fsp3) is 0.429. The van der Waals surface area contributed by atoms with E-state index in [-0.39, 0.29) is 0 Å². The van der Waals surface area contributed by atoms with E-state index in [1.807, 2.05) is 6.92 Å². The summed E-state index contributed by atoms with van der Waals surface area (Å²) in [6.45, 7) is 6.97. The zero-order chi connectivity index (χ0) is 13.0. The minimum absolute atomic E-state index is 0.707. The van der Waals surface area contributed by atoms with Crippen molar-refractivity contribution < 1.29 is 4.74 Å². The van der Waals surface area contributed by atoms with Gasteiger partial charge in [-0.2, -0.15) is 15.4 Å². The molecule has 0 radical (unpaired) electrons. The second-order valence-corrected chi connectivity index (χ2v) is 4.37. The third-order valence-corrected chi connectivity index (χ3v) is 3.26. The summed E-state index contributed by atoms with van der Waals surface area (Å²) in [6.07, 6.45) is 3.66. The molecular weight excluding hydrogens is 226 g/mol. The van der Waals surface area contributed by atoms with Gasteiger partial charge in [-0.15, -0.1) is 0 Å². The highest BCUT2D eigenvalue weighted by Gasteiger charge is 2.07. The Bertz CT molecular complexity index is 506. The van der Waals surface area contributed by atoms with Crippen molar-refractivity contribution in [1.82, 2.24) is 15.4 Å². The molecule has 0 aliphatic heterocycles. The van der Waals surface area contributed by atoms with Gasteiger partial charge in [0.1, 0.15) is 5.75 Å². The molecule has 0 saturated carbocycles. The van der Waals surface area contributed by atoms with Gasteiger partial charge in [-0.1, -0.05) is 6.07 Å². The summed E-state index contributed by atoms with van der Waals surface area (Å²) in [7, 11) is 0. The van der Waals surface area contributed by atoms with Gasteiger partial charge >= 0.3 is 0 Å². The van der Waals surface area contributed by atoms with Gasteiger partial charge in [0, 0.05) is 0 Å². The van der Waals surface area contributed by atoms with Gasteiger partial charge in [0.2, 0.25) is 0 Å². The summed E-state index contributed by atoms with van der Waals surface area (Å²) >= 11 is 0. The fourth-order valence-corrected chi connectivity index (χ4v) is 2.04. The first-order valence-electron chi connectivity index (χ1n) is 6.29. The van der Waals surface area contributed by atoms with E-state index < -0.39 is 0 Å². The molecule has 0 saturated heterocycles. The van der Waals surface area contributed by atoms with Crippen molar-refractivity contribution in [3.05, 3.63) is 40.7 Å². The van der Waals surface area contributed by atoms with Gasteiger partial charge < -0.3 is 4.74 Å². The molecule has 1 heterocycles. The summed E-state index contributed by atoms with van der Waals surface area (Å²) < 4.78 is 5.60. The van der Waals surface area contributed by atoms with Crippen molar-refractivity contribution >= 4 is 0 Å². The molecule has 0 atom stereocenters. The molecule has 0 aliphatic carbocycles. The second kappa shape index (κ2) is 5.67. The van der Waals surface area contributed by atoms with Gasteiger partial charge in [0.25, 0.3) is 0 Å². The summed E-state index contributed by atoms with van der Waals surface area (Å²) in [5.74, 6) is 0.986. The molecular formula is C14H19N3O. The highest BCUT2D eigenvalue weighted by atomic mass is 16.5. The molecule has 1 N–H and O–H groups in total. The Balaban J connectivity index is 2.11. The average molecular weight is 245 g/mol. The molecule has 2 aromatic rings. The molecule has 0 aliphatic rings. The van der Waals surface area contributed by atoms with Crippen LogP contribution in [0.3, 0.4) is 0 Å². The SMILES string of the molecule is CCOc1ccc(CCc2cn[nH]n2)c(C)c1C. The Hall–Kier alpha value is -1.84. The molecule has 96 valence electrons. The lowest BCUT2D eigenvalue weighted by atomic mass is 9.98. The maximum atomic E-state index is 5.60. The van der Waals surface area contributed by atoms with Crippen LogP contribution in [-0.4, -0.2) is 22.0 Å². The average Bonchev–Trinajstić information content (AvgIpc) is 2.87. The number of hydrogen-bond acceptors (Lipinski definition) is 3. The standard InChI is InChI=1S/C14H19N3O/c1-4-18-14-8-6-12(10(2)11(14)3)5-7-13-9-15-17-16-13/h6,8-9H,4-5,7H2,1-3H3,(H,15,16,17). The van der Waals surface area contributed by atoms with Crippen molar-refractivity contribution in [2.24, 2.45) is 0 Å². The predicted octanol–water partition coefficient (Wildman–Crippen LogP) is 2.61. The third-order valence-electron chi connectivity index (χ3n) is 3.26. The van der Waals surface area contributed by atoms with Crippen LogP contribution in [0.2, 0.25) is 0 Å². The van der Waals surface area contributed by atoms with Crippen molar-refractivity contribution in [2.45, 2.75) is 33.6 Å². The van der Waals surface area contributed by atoms with E-state index in [2.05, 4.69) is 41.4 Å². The molecule has 0 spiro atoms. The number of aromatic amines is 1. The quantitative estimate of drug-likeness (QED) is 0.881. The first kappa shape index (κ1) is 12.6. The van der Waals surface area contributed by atoms with Crippen LogP contribution >= 0.6 is 0 Å². The van der Waals surface area contributed by atoms with E-state index in [4.69, 9.17) is 4.74 Å². The molecule has 0 fully saturated rings. The molecule has 18 heavy (non-hydrogen) atoms. The molecule has 1 aromatic heterocycles. The van der Waals surface area contributed by atoms with E-state index in [0.29, 0.717) is 6.61 Å². The Morgan fingerprint density at radius 3 is 2.67 bits per heavy atom. The van der Waals surface area contributed by atoms with E-state index >= 15 is 0 Å². The number of benzene rings is 1. The molecule has 0 bridgehead atoms. The van der Waals surface area contributed by atoms with Crippen molar-refractivity contribution in [3.8, 4) is 5.75 Å². The van der Waals surface area contributed by atoms with E-state index in [1.165, 1.54) is 16.7 Å². The van der Waals surface area contributed by atoms with E-state index in [0.717, 1.165) is 24.3 Å². The zero-order valence-corrected chi connectivity index (χ0v) is 11.2. The van der Waals surface area contributed by atoms with Crippen LogP contribution < -0.4 is 4.74 Å². The number of hydrogen-bond donors (Lipinski definition) is 1.